The van der Waals surface area contributed by atoms with Crippen LogP contribution in [0, 0.1) is 0 Å². The number of hydrogen-bond acceptors (Lipinski definition) is 4. The molecule has 6 nitrogen and oxygen atoms in total. The number of anilines is 1. The third-order valence-electron chi connectivity index (χ3n) is 4.54. The van der Waals surface area contributed by atoms with Crippen LogP contribution in [0.15, 0.2) is 42.6 Å². The number of unbranched alkanes of at least 4 members (excludes halogenated alkanes) is 1. The van der Waals surface area contributed by atoms with Crippen LogP contribution in [0.5, 0.6) is 5.75 Å². The van der Waals surface area contributed by atoms with E-state index < -0.39 is 17.4 Å². The van der Waals surface area contributed by atoms with Gasteiger partial charge in [-0.05, 0) is 37.1 Å². The van der Waals surface area contributed by atoms with Crippen LogP contribution in [0.25, 0.3) is 0 Å². The number of fused-ring (bicyclic) bond motifs is 1. The topological polar surface area (TPSA) is 71.5 Å². The predicted octanol–water partition coefficient (Wildman–Crippen LogP) is 3.34. The SMILES string of the molecule is CCCCN1C(=O)C(C)(C(=O)NCc2ccccc2Cl)Oc2cccnc21. The van der Waals surface area contributed by atoms with Gasteiger partial charge in [-0.25, -0.2) is 4.98 Å². The maximum Gasteiger partial charge on any atom is 0.282 e. The molecule has 0 saturated carbocycles. The summed E-state index contributed by atoms with van der Waals surface area (Å²) in [7, 11) is 0. The Morgan fingerprint density at radius 1 is 1.30 bits per heavy atom. The first-order valence-electron chi connectivity index (χ1n) is 8.95. The van der Waals surface area contributed by atoms with Crippen LogP contribution in [-0.2, 0) is 16.1 Å². The Morgan fingerprint density at radius 2 is 2.07 bits per heavy atom. The number of aromatic nitrogens is 1. The van der Waals surface area contributed by atoms with Crippen LogP contribution < -0.4 is 15.0 Å². The van der Waals surface area contributed by atoms with Gasteiger partial charge < -0.3 is 10.1 Å². The van der Waals surface area contributed by atoms with Crippen molar-refractivity contribution in [2.45, 2.75) is 38.8 Å². The van der Waals surface area contributed by atoms with E-state index in [0.717, 1.165) is 18.4 Å². The fraction of sp³-hybridized carbons (Fsp3) is 0.350. The molecule has 1 unspecified atom stereocenters. The molecule has 3 rings (SSSR count). The Bertz CT molecular complexity index is 858. The van der Waals surface area contributed by atoms with Gasteiger partial charge in [0, 0.05) is 24.3 Å². The Balaban J connectivity index is 1.84. The molecule has 1 aromatic heterocycles. The maximum absolute atomic E-state index is 13.1. The molecule has 7 heteroatoms. The second-order valence-corrected chi connectivity index (χ2v) is 6.95. The minimum absolute atomic E-state index is 0.208. The Kier molecular flexibility index (Phi) is 5.65. The van der Waals surface area contributed by atoms with Gasteiger partial charge in [-0.1, -0.05) is 43.1 Å². The zero-order valence-corrected chi connectivity index (χ0v) is 16.1. The van der Waals surface area contributed by atoms with Crippen molar-refractivity contribution in [2.75, 3.05) is 11.4 Å². The van der Waals surface area contributed by atoms with Gasteiger partial charge in [0.1, 0.15) is 0 Å². The molecule has 142 valence electrons. The maximum atomic E-state index is 13.1. The first-order chi connectivity index (χ1) is 13.0. The molecule has 0 bridgehead atoms. The monoisotopic (exact) mass is 387 g/mol. The summed E-state index contributed by atoms with van der Waals surface area (Å²) >= 11 is 6.14. The highest BCUT2D eigenvalue weighted by atomic mass is 35.5. The molecule has 2 heterocycles. The van der Waals surface area contributed by atoms with Crippen molar-refractivity contribution >= 4 is 29.2 Å². The number of rotatable bonds is 6. The lowest BCUT2D eigenvalue weighted by atomic mass is 10.0. The summed E-state index contributed by atoms with van der Waals surface area (Å²) in [5, 5.41) is 3.33. The Hall–Kier alpha value is -2.60. The minimum Gasteiger partial charge on any atom is -0.464 e. The average Bonchev–Trinajstić information content (AvgIpc) is 2.67. The fourth-order valence-electron chi connectivity index (χ4n) is 2.93. The molecular weight excluding hydrogens is 366 g/mol. The normalized spacial score (nSPS) is 18.6. The van der Waals surface area contributed by atoms with Crippen LogP contribution in [-0.4, -0.2) is 28.9 Å². The van der Waals surface area contributed by atoms with Crippen molar-refractivity contribution in [3.05, 3.63) is 53.2 Å². The van der Waals surface area contributed by atoms with E-state index in [0.29, 0.717) is 23.1 Å². The van der Waals surface area contributed by atoms with E-state index >= 15 is 0 Å². The van der Waals surface area contributed by atoms with Crippen molar-refractivity contribution < 1.29 is 14.3 Å². The number of nitrogens with zero attached hydrogens (tertiary/aromatic N) is 2. The third kappa shape index (κ3) is 3.76. The fourth-order valence-corrected chi connectivity index (χ4v) is 3.14. The molecule has 1 aliphatic heterocycles. The van der Waals surface area contributed by atoms with Gasteiger partial charge in [0.05, 0.1) is 0 Å². The van der Waals surface area contributed by atoms with Crippen LogP contribution in [0.1, 0.15) is 32.3 Å². The molecular formula is C20H22ClN3O3. The molecule has 0 saturated heterocycles. The standard InChI is InChI=1S/C20H22ClN3O3/c1-3-4-12-24-17-16(10-7-11-22-17)27-20(2,19(24)26)18(25)23-13-14-8-5-6-9-15(14)21/h5-11H,3-4,12-13H2,1-2H3,(H,23,25). The van der Waals surface area contributed by atoms with Gasteiger partial charge in [0.2, 0.25) is 0 Å². The second kappa shape index (κ2) is 7.96. The smallest absolute Gasteiger partial charge is 0.282 e. The largest absolute Gasteiger partial charge is 0.464 e. The van der Waals surface area contributed by atoms with Crippen molar-refractivity contribution in [1.82, 2.24) is 10.3 Å². The lowest BCUT2D eigenvalue weighted by molar-refractivity contribution is -0.148. The number of hydrogen-bond donors (Lipinski definition) is 1. The number of halogens is 1. The van der Waals surface area contributed by atoms with E-state index in [2.05, 4.69) is 10.3 Å². The summed E-state index contributed by atoms with van der Waals surface area (Å²) in [6.07, 6.45) is 3.33. The molecule has 1 N–H and O–H groups in total. The number of nitrogens with one attached hydrogen (secondary N) is 1. The van der Waals surface area contributed by atoms with Crippen molar-refractivity contribution in [3.8, 4) is 5.75 Å². The summed E-state index contributed by atoms with van der Waals surface area (Å²) < 4.78 is 5.82. The summed E-state index contributed by atoms with van der Waals surface area (Å²) in [6, 6.07) is 10.7. The summed E-state index contributed by atoms with van der Waals surface area (Å²) in [4.78, 5) is 31.8. The molecule has 2 aromatic rings. The summed E-state index contributed by atoms with van der Waals surface area (Å²) in [5.74, 6) is -0.0573. The molecule has 0 aliphatic carbocycles. The number of pyridine rings is 1. The number of carbonyl (C=O) groups excluding carboxylic acids is 2. The van der Waals surface area contributed by atoms with Crippen LogP contribution >= 0.6 is 11.6 Å². The van der Waals surface area contributed by atoms with Crippen molar-refractivity contribution in [2.24, 2.45) is 0 Å². The van der Waals surface area contributed by atoms with E-state index in [1.165, 1.54) is 11.8 Å². The van der Waals surface area contributed by atoms with E-state index in [9.17, 15) is 9.59 Å². The number of amides is 2. The molecule has 0 spiro atoms. The van der Waals surface area contributed by atoms with Gasteiger partial charge in [-0.2, -0.15) is 0 Å². The highest BCUT2D eigenvalue weighted by molar-refractivity contribution is 6.31. The number of benzene rings is 1. The Morgan fingerprint density at radius 3 is 2.81 bits per heavy atom. The van der Waals surface area contributed by atoms with Gasteiger partial charge >= 0.3 is 0 Å². The number of carbonyl (C=O) groups is 2. The van der Waals surface area contributed by atoms with Crippen LogP contribution in [0.2, 0.25) is 5.02 Å². The molecule has 1 aromatic carbocycles. The number of ether oxygens (including phenoxy) is 1. The molecule has 0 radical (unpaired) electrons. The third-order valence-corrected chi connectivity index (χ3v) is 4.91. The van der Waals surface area contributed by atoms with Crippen molar-refractivity contribution in [3.63, 3.8) is 0 Å². The van der Waals surface area contributed by atoms with Gasteiger partial charge in [0.15, 0.2) is 11.6 Å². The highest BCUT2D eigenvalue weighted by Crippen LogP contribution is 2.36. The zero-order chi connectivity index (χ0) is 19.4. The molecule has 0 fully saturated rings. The van der Waals surface area contributed by atoms with Gasteiger partial charge in [-0.3, -0.25) is 14.5 Å². The van der Waals surface area contributed by atoms with E-state index in [1.807, 2.05) is 25.1 Å². The highest BCUT2D eigenvalue weighted by Gasteiger charge is 2.50. The van der Waals surface area contributed by atoms with E-state index in [1.54, 1.807) is 24.4 Å². The first-order valence-corrected chi connectivity index (χ1v) is 9.33. The summed E-state index contributed by atoms with van der Waals surface area (Å²) in [6.45, 7) is 4.22. The minimum atomic E-state index is -1.66. The molecule has 27 heavy (non-hydrogen) atoms. The van der Waals surface area contributed by atoms with Crippen molar-refractivity contribution in [1.29, 1.82) is 0 Å². The molecule has 1 aliphatic rings. The lowest BCUT2D eigenvalue weighted by Gasteiger charge is -2.38. The molecule has 2 amide bonds. The van der Waals surface area contributed by atoms with Gasteiger partial charge in [0.25, 0.3) is 17.4 Å². The lowest BCUT2D eigenvalue weighted by Crippen LogP contribution is -2.62. The van der Waals surface area contributed by atoms with Crippen LogP contribution in [0.3, 0.4) is 0 Å². The van der Waals surface area contributed by atoms with Gasteiger partial charge in [-0.15, -0.1) is 0 Å². The quantitative estimate of drug-likeness (QED) is 0.772. The summed E-state index contributed by atoms with van der Waals surface area (Å²) in [5.41, 5.74) is -0.894. The molecule has 1 atom stereocenters. The predicted molar refractivity (Wildman–Crippen MR) is 104 cm³/mol. The van der Waals surface area contributed by atoms with Crippen LogP contribution in [0.4, 0.5) is 5.82 Å². The van der Waals surface area contributed by atoms with E-state index in [4.69, 9.17) is 16.3 Å². The average molecular weight is 388 g/mol. The van der Waals surface area contributed by atoms with E-state index in [-0.39, 0.29) is 6.54 Å². The second-order valence-electron chi connectivity index (χ2n) is 6.54. The zero-order valence-electron chi connectivity index (χ0n) is 15.4. The first kappa shape index (κ1) is 19.2. The Labute approximate surface area is 163 Å².